The van der Waals surface area contributed by atoms with Gasteiger partial charge < -0.3 is 5.43 Å². The summed E-state index contributed by atoms with van der Waals surface area (Å²) in [5.41, 5.74) is 3.37. The van der Waals surface area contributed by atoms with Crippen molar-refractivity contribution < 1.29 is 0 Å². The Morgan fingerprint density at radius 1 is 1.36 bits per heavy atom. The number of rotatable bonds is 2. The highest BCUT2D eigenvalue weighted by atomic mass is 32.1. The summed E-state index contributed by atoms with van der Waals surface area (Å²) in [4.78, 5) is 0. The first kappa shape index (κ1) is 7.13. The third kappa shape index (κ3) is 1.73. The van der Waals surface area contributed by atoms with Gasteiger partial charge in [0.1, 0.15) is 5.00 Å². The molecule has 0 aliphatic carbocycles. The van der Waals surface area contributed by atoms with Crippen LogP contribution in [0.15, 0.2) is 17.5 Å². The molecule has 1 aromatic heterocycles. The number of nitrogens with one attached hydrogen (secondary N) is 1. The first-order chi connectivity index (χ1) is 5.45. The first-order valence-corrected chi connectivity index (χ1v) is 4.88. The van der Waals surface area contributed by atoms with Crippen LogP contribution in [0.5, 0.6) is 0 Å². The molecule has 0 amide bonds. The number of thiophene rings is 1. The average molecular weight is 168 g/mol. The first-order valence-electron chi connectivity index (χ1n) is 4.00. The van der Waals surface area contributed by atoms with Gasteiger partial charge in [0.15, 0.2) is 0 Å². The van der Waals surface area contributed by atoms with Gasteiger partial charge in [0.25, 0.3) is 0 Å². The molecule has 0 spiro atoms. The molecule has 2 nitrogen and oxygen atoms in total. The zero-order chi connectivity index (χ0) is 7.52. The van der Waals surface area contributed by atoms with E-state index in [0.29, 0.717) is 0 Å². The average Bonchev–Trinajstić information content (AvgIpc) is 2.60. The SMILES string of the molecule is c1csc(NN2CCCC2)c1. The molecule has 3 heteroatoms. The van der Waals surface area contributed by atoms with E-state index in [2.05, 4.69) is 27.9 Å². The molecule has 1 fully saturated rings. The lowest BCUT2D eigenvalue weighted by molar-refractivity contribution is 0.412. The maximum Gasteiger partial charge on any atom is 0.103 e. The predicted octanol–water partition coefficient (Wildman–Crippen LogP) is 2.17. The molecule has 1 aliphatic heterocycles. The van der Waals surface area contributed by atoms with Gasteiger partial charge in [-0.25, -0.2) is 5.01 Å². The molecular weight excluding hydrogens is 156 g/mol. The standard InChI is InChI=1S/C8H12N2S/c1-2-6-10(5-1)9-8-4-3-7-11-8/h3-4,7,9H,1-2,5-6H2. The third-order valence-electron chi connectivity index (χ3n) is 1.90. The predicted molar refractivity (Wildman–Crippen MR) is 48.7 cm³/mol. The number of hydrogen-bond donors (Lipinski definition) is 1. The fraction of sp³-hybridized carbons (Fsp3) is 0.500. The Hall–Kier alpha value is -0.540. The van der Waals surface area contributed by atoms with E-state index >= 15 is 0 Å². The molecule has 0 atom stereocenters. The van der Waals surface area contributed by atoms with Crippen LogP contribution in [-0.4, -0.2) is 18.1 Å². The van der Waals surface area contributed by atoms with Gasteiger partial charge >= 0.3 is 0 Å². The van der Waals surface area contributed by atoms with Crippen LogP contribution >= 0.6 is 11.3 Å². The fourth-order valence-electron chi connectivity index (χ4n) is 1.33. The minimum absolute atomic E-state index is 1.19. The van der Waals surface area contributed by atoms with Crippen LogP contribution in [0.2, 0.25) is 0 Å². The van der Waals surface area contributed by atoms with Crippen molar-refractivity contribution in [3.8, 4) is 0 Å². The lowest BCUT2D eigenvalue weighted by Gasteiger charge is -2.15. The summed E-state index contributed by atoms with van der Waals surface area (Å²) >= 11 is 1.76. The van der Waals surface area contributed by atoms with Gasteiger partial charge in [-0.3, -0.25) is 0 Å². The molecule has 0 unspecified atom stereocenters. The Morgan fingerprint density at radius 3 is 2.82 bits per heavy atom. The quantitative estimate of drug-likeness (QED) is 0.728. The van der Waals surface area contributed by atoms with Crippen LogP contribution < -0.4 is 5.43 Å². The van der Waals surface area contributed by atoms with Gasteiger partial charge in [-0.05, 0) is 30.4 Å². The Bertz CT molecular complexity index is 202. The van der Waals surface area contributed by atoms with Crippen LogP contribution in [0.3, 0.4) is 0 Å². The van der Waals surface area contributed by atoms with Gasteiger partial charge in [-0.15, -0.1) is 11.3 Å². The van der Waals surface area contributed by atoms with Crippen LogP contribution in [0.1, 0.15) is 12.8 Å². The molecule has 60 valence electrons. The number of anilines is 1. The second-order valence-electron chi connectivity index (χ2n) is 2.78. The molecule has 1 saturated heterocycles. The van der Waals surface area contributed by atoms with E-state index < -0.39 is 0 Å². The van der Waals surface area contributed by atoms with E-state index in [1.807, 2.05) is 0 Å². The highest BCUT2D eigenvalue weighted by molar-refractivity contribution is 7.14. The molecule has 1 aliphatic rings. The smallest absolute Gasteiger partial charge is 0.103 e. The highest BCUT2D eigenvalue weighted by Gasteiger charge is 2.10. The molecule has 1 N–H and O–H groups in total. The topological polar surface area (TPSA) is 15.3 Å². The Balaban J connectivity index is 1.90. The van der Waals surface area contributed by atoms with Gasteiger partial charge in [-0.2, -0.15) is 0 Å². The molecule has 2 heterocycles. The van der Waals surface area contributed by atoms with Crippen molar-refractivity contribution in [1.29, 1.82) is 0 Å². The molecule has 2 rings (SSSR count). The van der Waals surface area contributed by atoms with Gasteiger partial charge in [0.05, 0.1) is 0 Å². The van der Waals surface area contributed by atoms with Crippen molar-refractivity contribution >= 4 is 16.3 Å². The zero-order valence-electron chi connectivity index (χ0n) is 6.42. The summed E-state index contributed by atoms with van der Waals surface area (Å²) in [6.07, 6.45) is 2.66. The van der Waals surface area contributed by atoms with Crippen LogP contribution in [0.25, 0.3) is 0 Å². The van der Waals surface area contributed by atoms with Crippen molar-refractivity contribution in [2.75, 3.05) is 18.5 Å². The van der Waals surface area contributed by atoms with E-state index in [-0.39, 0.29) is 0 Å². The lowest BCUT2D eigenvalue weighted by Crippen LogP contribution is -2.25. The van der Waals surface area contributed by atoms with Gasteiger partial charge in [0, 0.05) is 13.1 Å². The molecule has 1 aromatic rings. The van der Waals surface area contributed by atoms with Crippen LogP contribution in [0.4, 0.5) is 5.00 Å². The lowest BCUT2D eigenvalue weighted by atomic mass is 10.4. The van der Waals surface area contributed by atoms with Crippen molar-refractivity contribution in [2.24, 2.45) is 0 Å². The highest BCUT2D eigenvalue weighted by Crippen LogP contribution is 2.17. The summed E-state index contributed by atoms with van der Waals surface area (Å²) in [5.74, 6) is 0. The maximum atomic E-state index is 3.37. The van der Waals surface area contributed by atoms with E-state index in [4.69, 9.17) is 0 Å². The summed E-state index contributed by atoms with van der Waals surface area (Å²) in [6, 6.07) is 4.19. The fourth-order valence-corrected chi connectivity index (χ4v) is 1.97. The van der Waals surface area contributed by atoms with Gasteiger partial charge in [0.2, 0.25) is 0 Å². The van der Waals surface area contributed by atoms with Crippen LogP contribution in [-0.2, 0) is 0 Å². The Morgan fingerprint density at radius 2 is 2.18 bits per heavy atom. The van der Waals surface area contributed by atoms with Crippen molar-refractivity contribution in [1.82, 2.24) is 5.01 Å². The third-order valence-corrected chi connectivity index (χ3v) is 2.67. The summed E-state index contributed by atoms with van der Waals surface area (Å²) < 4.78 is 0. The molecule has 11 heavy (non-hydrogen) atoms. The molecule has 0 bridgehead atoms. The molecule has 0 saturated carbocycles. The monoisotopic (exact) mass is 168 g/mol. The summed E-state index contributed by atoms with van der Waals surface area (Å²) in [5, 5.41) is 5.64. The Labute approximate surface area is 70.8 Å². The maximum absolute atomic E-state index is 3.37. The number of nitrogens with zero attached hydrogens (tertiary/aromatic N) is 1. The minimum Gasteiger partial charge on any atom is -0.310 e. The Kier molecular flexibility index (Phi) is 2.10. The van der Waals surface area contributed by atoms with Crippen molar-refractivity contribution in [2.45, 2.75) is 12.8 Å². The van der Waals surface area contributed by atoms with Crippen LogP contribution in [0, 0.1) is 0 Å². The van der Waals surface area contributed by atoms with E-state index in [1.165, 1.54) is 30.9 Å². The van der Waals surface area contributed by atoms with E-state index in [0.717, 1.165) is 0 Å². The minimum atomic E-state index is 1.19. The number of hydrogen-bond acceptors (Lipinski definition) is 3. The van der Waals surface area contributed by atoms with Crippen molar-refractivity contribution in [3.05, 3.63) is 17.5 Å². The normalized spacial score (nSPS) is 18.9. The van der Waals surface area contributed by atoms with Crippen molar-refractivity contribution in [3.63, 3.8) is 0 Å². The summed E-state index contributed by atoms with van der Waals surface area (Å²) in [7, 11) is 0. The summed E-state index contributed by atoms with van der Waals surface area (Å²) in [6.45, 7) is 2.38. The van der Waals surface area contributed by atoms with E-state index in [1.54, 1.807) is 11.3 Å². The molecule has 0 aromatic carbocycles. The molecule has 0 radical (unpaired) electrons. The van der Waals surface area contributed by atoms with E-state index in [9.17, 15) is 0 Å². The largest absolute Gasteiger partial charge is 0.310 e. The second kappa shape index (κ2) is 3.24. The second-order valence-corrected chi connectivity index (χ2v) is 3.73. The van der Waals surface area contributed by atoms with Gasteiger partial charge in [-0.1, -0.05) is 0 Å². The zero-order valence-corrected chi connectivity index (χ0v) is 7.23. The molecular formula is C8H12N2S. The number of hydrazine groups is 1.